The largest absolute Gasteiger partial charge is 0.358 e. The van der Waals surface area contributed by atoms with E-state index in [2.05, 4.69) is 15.6 Å². The lowest BCUT2D eigenvalue weighted by Crippen LogP contribution is -2.31. The summed E-state index contributed by atoms with van der Waals surface area (Å²) in [5.74, 6) is -0.293. The first-order valence-electron chi connectivity index (χ1n) is 6.87. The maximum atomic E-state index is 13.5. The summed E-state index contributed by atoms with van der Waals surface area (Å²) in [5, 5.41) is 6.19. The number of aromatic amines is 1. The van der Waals surface area contributed by atoms with E-state index < -0.39 is 0 Å². The van der Waals surface area contributed by atoms with Crippen LogP contribution in [0.3, 0.4) is 0 Å². The van der Waals surface area contributed by atoms with Gasteiger partial charge in [-0.05, 0) is 62.3 Å². The third kappa shape index (κ3) is 3.92. The number of nitrogens with one attached hydrogen (secondary N) is 3. The number of pyridine rings is 1. The van der Waals surface area contributed by atoms with Crippen molar-refractivity contribution in [3.05, 3.63) is 62.8 Å². The van der Waals surface area contributed by atoms with Crippen molar-refractivity contribution >= 4 is 23.0 Å². The fourth-order valence-corrected chi connectivity index (χ4v) is 2.31. The highest BCUT2D eigenvalue weighted by Crippen LogP contribution is 2.13. The van der Waals surface area contributed by atoms with Crippen LogP contribution in [0.15, 0.2) is 29.1 Å². The molecule has 1 heterocycles. The highest BCUT2D eigenvalue weighted by Gasteiger charge is 2.06. The van der Waals surface area contributed by atoms with Crippen molar-refractivity contribution in [2.24, 2.45) is 0 Å². The molecular weight excluding hydrogens is 301 g/mol. The predicted octanol–water partition coefficient (Wildman–Crippen LogP) is 2.93. The second kappa shape index (κ2) is 6.70. The first kappa shape index (κ1) is 16.2. The first-order chi connectivity index (χ1) is 10.4. The van der Waals surface area contributed by atoms with Crippen molar-refractivity contribution in [1.82, 2.24) is 10.3 Å². The molecule has 2 aromatic rings. The summed E-state index contributed by atoms with van der Waals surface area (Å²) in [7, 11) is 0. The Kier molecular flexibility index (Phi) is 4.92. The Morgan fingerprint density at radius 2 is 1.95 bits per heavy atom. The lowest BCUT2D eigenvalue weighted by Gasteiger charge is -2.12. The van der Waals surface area contributed by atoms with Gasteiger partial charge in [-0.1, -0.05) is 6.07 Å². The zero-order chi connectivity index (χ0) is 16.3. The number of halogens is 1. The van der Waals surface area contributed by atoms with Crippen LogP contribution in [0.1, 0.15) is 22.4 Å². The normalized spacial score (nSPS) is 10.4. The van der Waals surface area contributed by atoms with Crippen LogP contribution < -0.4 is 16.2 Å². The van der Waals surface area contributed by atoms with Gasteiger partial charge < -0.3 is 15.6 Å². The zero-order valence-corrected chi connectivity index (χ0v) is 13.5. The van der Waals surface area contributed by atoms with E-state index in [9.17, 15) is 9.18 Å². The average Bonchev–Trinajstić information content (AvgIpc) is 2.41. The number of hydrogen-bond acceptors (Lipinski definition) is 2. The van der Waals surface area contributed by atoms with Crippen LogP contribution >= 0.6 is 12.2 Å². The molecule has 22 heavy (non-hydrogen) atoms. The number of benzene rings is 1. The third-order valence-electron chi connectivity index (χ3n) is 3.35. The van der Waals surface area contributed by atoms with Gasteiger partial charge in [0.1, 0.15) is 5.82 Å². The molecule has 0 aliphatic carbocycles. The van der Waals surface area contributed by atoms with Gasteiger partial charge in [-0.15, -0.1) is 0 Å². The molecule has 2 rings (SSSR count). The Balaban J connectivity index is 2.01. The molecule has 0 aliphatic heterocycles. The molecule has 116 valence electrons. The Morgan fingerprint density at radius 3 is 2.59 bits per heavy atom. The van der Waals surface area contributed by atoms with Gasteiger partial charge in [0, 0.05) is 23.5 Å². The third-order valence-corrected chi connectivity index (χ3v) is 3.60. The van der Waals surface area contributed by atoms with E-state index >= 15 is 0 Å². The second-order valence-corrected chi connectivity index (χ2v) is 5.62. The Hall–Kier alpha value is -2.21. The van der Waals surface area contributed by atoms with Gasteiger partial charge in [-0.3, -0.25) is 4.79 Å². The summed E-state index contributed by atoms with van der Waals surface area (Å²) < 4.78 is 13.5. The quantitative estimate of drug-likeness (QED) is 0.762. The van der Waals surface area contributed by atoms with Crippen molar-refractivity contribution in [2.45, 2.75) is 27.3 Å². The van der Waals surface area contributed by atoms with Gasteiger partial charge >= 0.3 is 0 Å². The van der Waals surface area contributed by atoms with Gasteiger partial charge in [0.25, 0.3) is 5.56 Å². The summed E-state index contributed by atoms with van der Waals surface area (Å²) in [4.78, 5) is 14.7. The minimum atomic E-state index is -0.293. The zero-order valence-electron chi connectivity index (χ0n) is 12.7. The molecule has 0 spiro atoms. The van der Waals surface area contributed by atoms with Crippen molar-refractivity contribution in [3.8, 4) is 0 Å². The van der Waals surface area contributed by atoms with Crippen LogP contribution in [0.25, 0.3) is 0 Å². The van der Waals surface area contributed by atoms with Crippen LogP contribution in [0.2, 0.25) is 0 Å². The molecule has 0 fully saturated rings. The Morgan fingerprint density at radius 1 is 1.23 bits per heavy atom. The van der Waals surface area contributed by atoms with E-state index in [1.165, 1.54) is 6.07 Å². The smallest absolute Gasteiger partial charge is 0.253 e. The Bertz CT molecular complexity index is 770. The molecule has 0 amide bonds. The number of rotatable bonds is 3. The lowest BCUT2D eigenvalue weighted by atomic mass is 10.1. The van der Waals surface area contributed by atoms with Gasteiger partial charge in [0.05, 0.1) is 0 Å². The first-order valence-corrected chi connectivity index (χ1v) is 7.28. The lowest BCUT2D eigenvalue weighted by molar-refractivity contribution is 0.619. The summed E-state index contributed by atoms with van der Waals surface area (Å²) in [5.41, 5.74) is 3.36. The van der Waals surface area contributed by atoms with Crippen molar-refractivity contribution in [2.75, 3.05) is 5.32 Å². The van der Waals surface area contributed by atoms with Crippen molar-refractivity contribution in [3.63, 3.8) is 0 Å². The van der Waals surface area contributed by atoms with E-state index in [4.69, 9.17) is 12.2 Å². The van der Waals surface area contributed by atoms with E-state index in [0.29, 0.717) is 28.5 Å². The molecule has 0 unspecified atom stereocenters. The SMILES string of the molecule is Cc1cc(C)c(CNC(=S)Nc2ccc(C)c(F)c2)c(=O)[nH]1. The maximum Gasteiger partial charge on any atom is 0.253 e. The predicted molar refractivity (Wildman–Crippen MR) is 90.7 cm³/mol. The van der Waals surface area contributed by atoms with Crippen LogP contribution in [-0.4, -0.2) is 10.1 Å². The van der Waals surface area contributed by atoms with Crippen LogP contribution in [-0.2, 0) is 6.54 Å². The van der Waals surface area contributed by atoms with Gasteiger partial charge in [0.15, 0.2) is 5.11 Å². The minimum Gasteiger partial charge on any atom is -0.358 e. The van der Waals surface area contributed by atoms with Crippen LogP contribution in [0, 0.1) is 26.6 Å². The van der Waals surface area contributed by atoms with E-state index in [1.807, 2.05) is 19.9 Å². The number of thiocarbonyl (C=S) groups is 1. The summed E-state index contributed by atoms with van der Waals surface area (Å²) >= 11 is 5.17. The molecule has 0 saturated heterocycles. The second-order valence-electron chi connectivity index (χ2n) is 5.21. The van der Waals surface area contributed by atoms with Crippen molar-refractivity contribution in [1.29, 1.82) is 0 Å². The fraction of sp³-hybridized carbons (Fsp3) is 0.250. The monoisotopic (exact) mass is 319 g/mol. The van der Waals surface area contributed by atoms with Gasteiger partial charge in [0.2, 0.25) is 0 Å². The fourth-order valence-electron chi connectivity index (χ4n) is 2.12. The Labute approximate surface area is 133 Å². The standard InChI is InChI=1S/C16H18FN3OS/c1-9-4-5-12(7-14(9)17)20-16(22)18-8-13-10(2)6-11(3)19-15(13)21/h4-7H,8H2,1-3H3,(H,19,21)(H2,18,20,22). The van der Waals surface area contributed by atoms with E-state index in [-0.39, 0.29) is 11.4 Å². The highest BCUT2D eigenvalue weighted by atomic mass is 32.1. The number of aryl methyl sites for hydroxylation is 3. The summed E-state index contributed by atoms with van der Waals surface area (Å²) in [6.45, 7) is 5.72. The van der Waals surface area contributed by atoms with Crippen LogP contribution in [0.5, 0.6) is 0 Å². The molecule has 3 N–H and O–H groups in total. The van der Waals surface area contributed by atoms with Crippen LogP contribution in [0.4, 0.5) is 10.1 Å². The van der Waals surface area contributed by atoms with Crippen molar-refractivity contribution < 1.29 is 4.39 Å². The van der Waals surface area contributed by atoms with Gasteiger partial charge in [-0.2, -0.15) is 0 Å². The van der Waals surface area contributed by atoms with E-state index in [0.717, 1.165) is 11.3 Å². The molecule has 0 radical (unpaired) electrons. The molecule has 6 heteroatoms. The molecule has 0 aliphatic rings. The number of anilines is 1. The van der Waals surface area contributed by atoms with E-state index in [1.54, 1.807) is 19.1 Å². The molecule has 1 aromatic heterocycles. The highest BCUT2D eigenvalue weighted by molar-refractivity contribution is 7.80. The minimum absolute atomic E-state index is 0.130. The molecular formula is C16H18FN3OS. The molecule has 4 nitrogen and oxygen atoms in total. The summed E-state index contributed by atoms with van der Waals surface area (Å²) in [6.07, 6.45) is 0. The number of hydrogen-bond donors (Lipinski definition) is 3. The van der Waals surface area contributed by atoms with Gasteiger partial charge in [-0.25, -0.2) is 4.39 Å². The number of aromatic nitrogens is 1. The molecule has 0 bridgehead atoms. The topological polar surface area (TPSA) is 56.9 Å². The summed E-state index contributed by atoms with van der Waals surface area (Å²) in [6, 6.07) is 6.71. The molecule has 0 saturated carbocycles. The maximum absolute atomic E-state index is 13.5. The molecule has 0 atom stereocenters. The average molecular weight is 319 g/mol. The molecule has 1 aromatic carbocycles. The number of H-pyrrole nitrogens is 1.